The molecule has 4 nitrogen and oxygen atoms in total. The molecule has 0 bridgehead atoms. The van der Waals surface area contributed by atoms with Crippen molar-refractivity contribution in [2.24, 2.45) is 5.92 Å². The Hall–Kier alpha value is -0.910. The number of nitrogens with one attached hydrogen (secondary N) is 1. The van der Waals surface area contributed by atoms with Crippen molar-refractivity contribution in [2.75, 3.05) is 6.61 Å². The lowest BCUT2D eigenvalue weighted by Crippen LogP contribution is -2.41. The van der Waals surface area contributed by atoms with Crippen molar-refractivity contribution in [2.45, 2.75) is 31.7 Å². The summed E-state index contributed by atoms with van der Waals surface area (Å²) in [5, 5.41) is 9.15. The van der Waals surface area contributed by atoms with Gasteiger partial charge in [0.2, 0.25) is 10.0 Å². The van der Waals surface area contributed by atoms with Crippen molar-refractivity contribution in [3.63, 3.8) is 0 Å². The van der Waals surface area contributed by atoms with Gasteiger partial charge in [-0.05, 0) is 24.5 Å². The van der Waals surface area contributed by atoms with Gasteiger partial charge in [-0.25, -0.2) is 13.1 Å². The average Bonchev–Trinajstić information content (AvgIpc) is 2.26. The van der Waals surface area contributed by atoms with Crippen LogP contribution in [0.5, 0.6) is 0 Å². The Morgan fingerprint density at radius 1 is 1.29 bits per heavy atom. The molecule has 0 spiro atoms. The zero-order valence-corrected chi connectivity index (χ0v) is 11.2. The fourth-order valence-corrected chi connectivity index (χ4v) is 3.13. The van der Waals surface area contributed by atoms with Crippen LogP contribution < -0.4 is 4.72 Å². The number of benzene rings is 1. The van der Waals surface area contributed by atoms with Crippen molar-refractivity contribution in [3.05, 3.63) is 29.8 Å². The summed E-state index contributed by atoms with van der Waals surface area (Å²) in [6, 6.07) is 6.33. The molecule has 17 heavy (non-hydrogen) atoms. The van der Waals surface area contributed by atoms with E-state index in [-0.39, 0.29) is 17.4 Å². The molecule has 0 aliphatic carbocycles. The van der Waals surface area contributed by atoms with Crippen LogP contribution >= 0.6 is 0 Å². The van der Waals surface area contributed by atoms with E-state index in [1.807, 2.05) is 13.8 Å². The molecule has 0 aliphatic rings. The Balaban J connectivity index is 3.01. The van der Waals surface area contributed by atoms with Crippen LogP contribution in [-0.4, -0.2) is 26.2 Å². The normalized spacial score (nSPS) is 13.9. The number of rotatable bonds is 5. The molecule has 0 heterocycles. The smallest absolute Gasteiger partial charge is 0.241 e. The Kier molecular flexibility index (Phi) is 4.68. The van der Waals surface area contributed by atoms with Crippen molar-refractivity contribution >= 4 is 10.0 Å². The molecule has 0 aromatic heterocycles. The maximum absolute atomic E-state index is 12.1. The van der Waals surface area contributed by atoms with Gasteiger partial charge in [-0.3, -0.25) is 0 Å². The van der Waals surface area contributed by atoms with Crippen LogP contribution in [0.4, 0.5) is 0 Å². The summed E-state index contributed by atoms with van der Waals surface area (Å²) in [5.74, 6) is 0.0405. The molecule has 96 valence electrons. The average molecular weight is 257 g/mol. The molecule has 1 atom stereocenters. The number of aryl methyl sites for hydroxylation is 1. The maximum atomic E-state index is 12.1. The van der Waals surface area contributed by atoms with Gasteiger partial charge in [-0.1, -0.05) is 32.0 Å². The first-order valence-corrected chi connectivity index (χ1v) is 7.05. The highest BCUT2D eigenvalue weighted by atomic mass is 32.2. The van der Waals surface area contributed by atoms with Gasteiger partial charge in [0.25, 0.3) is 0 Å². The number of sulfonamides is 1. The highest BCUT2D eigenvalue weighted by molar-refractivity contribution is 7.89. The summed E-state index contributed by atoms with van der Waals surface area (Å²) in [6.07, 6.45) is 0. The quantitative estimate of drug-likeness (QED) is 0.835. The third kappa shape index (κ3) is 3.52. The predicted octanol–water partition coefficient (Wildman–Crippen LogP) is 1.29. The predicted molar refractivity (Wildman–Crippen MR) is 67.2 cm³/mol. The van der Waals surface area contributed by atoms with E-state index < -0.39 is 16.1 Å². The van der Waals surface area contributed by atoms with E-state index in [0.717, 1.165) is 0 Å². The molecule has 2 N–H and O–H groups in total. The van der Waals surface area contributed by atoms with Crippen LogP contribution in [-0.2, 0) is 10.0 Å². The maximum Gasteiger partial charge on any atom is 0.241 e. The lowest BCUT2D eigenvalue weighted by Gasteiger charge is -2.20. The molecule has 0 saturated carbocycles. The second kappa shape index (κ2) is 5.62. The van der Waals surface area contributed by atoms with E-state index in [2.05, 4.69) is 4.72 Å². The summed E-state index contributed by atoms with van der Waals surface area (Å²) in [4.78, 5) is 0.263. The number of hydrogen-bond donors (Lipinski definition) is 2. The third-order valence-corrected chi connectivity index (χ3v) is 4.34. The Morgan fingerprint density at radius 2 is 1.88 bits per heavy atom. The molecule has 1 rings (SSSR count). The van der Waals surface area contributed by atoms with Gasteiger partial charge in [-0.2, -0.15) is 0 Å². The van der Waals surface area contributed by atoms with Crippen LogP contribution in [0.3, 0.4) is 0 Å². The van der Waals surface area contributed by atoms with E-state index in [1.54, 1.807) is 31.2 Å². The molecule has 0 fully saturated rings. The largest absolute Gasteiger partial charge is 0.395 e. The third-order valence-electron chi connectivity index (χ3n) is 2.69. The first kappa shape index (κ1) is 14.2. The number of hydrogen-bond acceptors (Lipinski definition) is 3. The van der Waals surface area contributed by atoms with E-state index >= 15 is 0 Å². The van der Waals surface area contributed by atoms with Crippen LogP contribution in [0.2, 0.25) is 0 Å². The second-order valence-electron chi connectivity index (χ2n) is 4.42. The zero-order chi connectivity index (χ0) is 13.1. The summed E-state index contributed by atoms with van der Waals surface area (Å²) in [5.41, 5.74) is 0.695. The molecular weight excluding hydrogens is 238 g/mol. The molecular formula is C12H19NO3S. The SMILES string of the molecule is Cc1ccccc1S(=O)(=O)NC(CO)C(C)C. The van der Waals surface area contributed by atoms with Crippen molar-refractivity contribution in [1.29, 1.82) is 0 Å². The summed E-state index contributed by atoms with van der Waals surface area (Å²) in [6.45, 7) is 5.27. The minimum Gasteiger partial charge on any atom is -0.395 e. The highest BCUT2D eigenvalue weighted by Gasteiger charge is 2.22. The Labute approximate surface area is 103 Å². The van der Waals surface area contributed by atoms with Gasteiger partial charge in [0.1, 0.15) is 0 Å². The topological polar surface area (TPSA) is 66.4 Å². The van der Waals surface area contributed by atoms with E-state index in [1.165, 1.54) is 0 Å². The zero-order valence-electron chi connectivity index (χ0n) is 10.3. The fourth-order valence-electron chi connectivity index (χ4n) is 1.50. The van der Waals surface area contributed by atoms with Gasteiger partial charge in [0.15, 0.2) is 0 Å². The van der Waals surface area contributed by atoms with E-state index in [4.69, 9.17) is 5.11 Å². The summed E-state index contributed by atoms with van der Waals surface area (Å²) < 4.78 is 26.7. The Morgan fingerprint density at radius 3 is 2.35 bits per heavy atom. The Bertz CT molecular complexity index is 468. The van der Waals surface area contributed by atoms with Crippen LogP contribution in [0, 0.1) is 12.8 Å². The highest BCUT2D eigenvalue weighted by Crippen LogP contribution is 2.15. The minimum absolute atomic E-state index is 0.0405. The number of aliphatic hydroxyl groups excluding tert-OH is 1. The van der Waals surface area contributed by atoms with Crippen molar-refractivity contribution in [1.82, 2.24) is 4.72 Å². The fraction of sp³-hybridized carbons (Fsp3) is 0.500. The van der Waals surface area contributed by atoms with Crippen molar-refractivity contribution < 1.29 is 13.5 Å². The van der Waals surface area contributed by atoms with E-state index in [0.29, 0.717) is 5.56 Å². The molecule has 0 saturated heterocycles. The monoisotopic (exact) mass is 257 g/mol. The lowest BCUT2D eigenvalue weighted by molar-refractivity contribution is 0.227. The van der Waals surface area contributed by atoms with Crippen molar-refractivity contribution in [3.8, 4) is 0 Å². The molecule has 0 amide bonds. The first-order chi connectivity index (χ1) is 7.88. The van der Waals surface area contributed by atoms with Crippen LogP contribution in [0.1, 0.15) is 19.4 Å². The first-order valence-electron chi connectivity index (χ1n) is 5.57. The molecule has 0 radical (unpaired) electrons. The van der Waals surface area contributed by atoms with Crippen LogP contribution in [0.15, 0.2) is 29.2 Å². The van der Waals surface area contributed by atoms with Gasteiger partial charge < -0.3 is 5.11 Å². The van der Waals surface area contributed by atoms with Gasteiger partial charge >= 0.3 is 0 Å². The van der Waals surface area contributed by atoms with Gasteiger partial charge in [0, 0.05) is 6.04 Å². The summed E-state index contributed by atoms with van der Waals surface area (Å²) >= 11 is 0. The lowest BCUT2D eigenvalue weighted by atomic mass is 10.1. The van der Waals surface area contributed by atoms with E-state index in [9.17, 15) is 8.42 Å². The standard InChI is InChI=1S/C12H19NO3S/c1-9(2)11(8-14)13-17(15,16)12-7-5-4-6-10(12)3/h4-7,9,11,13-14H,8H2,1-3H3. The van der Waals surface area contributed by atoms with Gasteiger partial charge in [-0.15, -0.1) is 0 Å². The molecule has 5 heteroatoms. The second-order valence-corrected chi connectivity index (χ2v) is 6.10. The molecule has 1 aromatic rings. The molecule has 0 aliphatic heterocycles. The van der Waals surface area contributed by atoms with Crippen LogP contribution in [0.25, 0.3) is 0 Å². The molecule has 1 unspecified atom stereocenters. The minimum atomic E-state index is -3.56. The number of aliphatic hydroxyl groups is 1. The molecule has 1 aromatic carbocycles. The summed E-state index contributed by atoms with van der Waals surface area (Å²) in [7, 11) is -3.56. The van der Waals surface area contributed by atoms with Gasteiger partial charge in [0.05, 0.1) is 11.5 Å².